The first-order chi connectivity index (χ1) is 7.22. The molecule has 0 bridgehead atoms. The van der Waals surface area contributed by atoms with Crippen LogP contribution in [0.15, 0.2) is 23.9 Å². The number of phenols is 2. The summed E-state index contributed by atoms with van der Waals surface area (Å²) in [5.74, 6) is -0.428. The Morgan fingerprint density at radius 2 is 1.93 bits per heavy atom. The summed E-state index contributed by atoms with van der Waals surface area (Å²) < 4.78 is 0. The molecule has 5 N–H and O–H groups in total. The van der Waals surface area contributed by atoms with Gasteiger partial charge in [-0.3, -0.25) is 5.43 Å². The predicted molar refractivity (Wildman–Crippen MR) is 51.7 cm³/mol. The van der Waals surface area contributed by atoms with Crippen molar-refractivity contribution in [2.45, 2.75) is 0 Å². The zero-order valence-corrected chi connectivity index (χ0v) is 7.57. The number of nitrogens with zero attached hydrogens (tertiary/aromatic N) is 1. The Morgan fingerprint density at radius 1 is 1.13 bits per heavy atom. The Balaban J connectivity index is 2.47. The van der Waals surface area contributed by atoms with Gasteiger partial charge in [0.25, 0.3) is 0 Å². The van der Waals surface area contributed by atoms with Crippen LogP contribution in [0, 0.1) is 11.3 Å². The van der Waals surface area contributed by atoms with E-state index in [1.807, 2.05) is 6.07 Å². The molecule has 0 saturated carbocycles. The van der Waals surface area contributed by atoms with Gasteiger partial charge in [0, 0.05) is 5.56 Å². The highest BCUT2D eigenvalue weighted by molar-refractivity contribution is 5.72. The number of allylic oxidation sites excluding steroid dienone is 1. The van der Waals surface area contributed by atoms with Crippen LogP contribution in [-0.4, -0.2) is 10.2 Å². The van der Waals surface area contributed by atoms with E-state index < -0.39 is 0 Å². The minimum Gasteiger partial charge on any atom is -0.504 e. The molecule has 1 aromatic carbocycles. The molecule has 1 aliphatic rings. The van der Waals surface area contributed by atoms with Gasteiger partial charge >= 0.3 is 0 Å². The minimum absolute atomic E-state index is 0.197. The second-order valence-electron chi connectivity index (χ2n) is 2.94. The highest BCUT2D eigenvalue weighted by Gasteiger charge is 2.15. The van der Waals surface area contributed by atoms with Crippen LogP contribution in [0.3, 0.4) is 0 Å². The normalized spacial score (nSPS) is 14.3. The summed E-state index contributed by atoms with van der Waals surface area (Å²) in [4.78, 5) is 0. The van der Waals surface area contributed by atoms with E-state index in [1.54, 1.807) is 6.07 Å². The van der Waals surface area contributed by atoms with E-state index in [2.05, 4.69) is 16.4 Å². The molecular formula is C9H8N4O2. The van der Waals surface area contributed by atoms with E-state index >= 15 is 0 Å². The van der Waals surface area contributed by atoms with Crippen LogP contribution in [0.5, 0.6) is 11.5 Å². The highest BCUT2D eigenvalue weighted by Crippen LogP contribution is 2.28. The summed E-state index contributed by atoms with van der Waals surface area (Å²) in [6.45, 7) is 0. The van der Waals surface area contributed by atoms with E-state index in [4.69, 9.17) is 10.4 Å². The first kappa shape index (κ1) is 9.18. The topological polar surface area (TPSA) is 100 Å². The van der Waals surface area contributed by atoms with Crippen LogP contribution >= 0.6 is 0 Å². The Morgan fingerprint density at radius 3 is 2.60 bits per heavy atom. The third kappa shape index (κ3) is 1.51. The van der Waals surface area contributed by atoms with Gasteiger partial charge in [-0.05, 0) is 18.2 Å². The van der Waals surface area contributed by atoms with Gasteiger partial charge in [-0.1, -0.05) is 0 Å². The highest BCUT2D eigenvalue weighted by atomic mass is 16.3. The maximum Gasteiger partial charge on any atom is 0.158 e. The Hall–Kier alpha value is -2.39. The molecule has 2 rings (SSSR count). The van der Waals surface area contributed by atoms with Gasteiger partial charge in [-0.25, -0.2) is 0 Å². The van der Waals surface area contributed by atoms with E-state index in [0.29, 0.717) is 17.0 Å². The van der Waals surface area contributed by atoms with Crippen molar-refractivity contribution < 1.29 is 10.2 Å². The number of aromatic hydroxyl groups is 2. The van der Waals surface area contributed by atoms with E-state index in [-0.39, 0.29) is 11.5 Å². The van der Waals surface area contributed by atoms with Crippen molar-refractivity contribution in [3.05, 3.63) is 29.5 Å². The summed E-state index contributed by atoms with van der Waals surface area (Å²) in [7, 11) is 0. The first-order valence-electron chi connectivity index (χ1n) is 4.16. The second kappa shape index (κ2) is 3.40. The molecule has 6 heteroatoms. The number of nitriles is 1. The monoisotopic (exact) mass is 204 g/mol. The Bertz CT molecular complexity index is 475. The number of benzene rings is 1. The smallest absolute Gasteiger partial charge is 0.158 e. The fraction of sp³-hybridized carbons (Fsp3) is 0. The first-order valence-corrected chi connectivity index (χ1v) is 4.16. The number of phenolic OH excluding ortho intramolecular Hbond substituents is 2. The molecule has 0 unspecified atom stereocenters. The second-order valence-corrected chi connectivity index (χ2v) is 2.94. The number of hydrogen-bond donors (Lipinski definition) is 5. The number of hydrazine groups is 2. The largest absolute Gasteiger partial charge is 0.504 e. The molecule has 0 fully saturated rings. The maximum atomic E-state index is 9.30. The van der Waals surface area contributed by atoms with Crippen LogP contribution in [0.1, 0.15) is 5.56 Å². The summed E-state index contributed by atoms with van der Waals surface area (Å²) in [6, 6.07) is 6.25. The van der Waals surface area contributed by atoms with Crippen molar-refractivity contribution in [2.75, 3.05) is 0 Å². The summed E-state index contributed by atoms with van der Waals surface area (Å²) in [5, 5.41) is 27.2. The van der Waals surface area contributed by atoms with Crippen LogP contribution in [-0.2, 0) is 0 Å². The van der Waals surface area contributed by atoms with Crippen molar-refractivity contribution in [3.63, 3.8) is 0 Å². The molecule has 15 heavy (non-hydrogen) atoms. The van der Waals surface area contributed by atoms with Crippen molar-refractivity contribution in [1.29, 1.82) is 5.26 Å². The third-order valence-corrected chi connectivity index (χ3v) is 2.00. The maximum absolute atomic E-state index is 9.30. The fourth-order valence-corrected chi connectivity index (χ4v) is 1.26. The summed E-state index contributed by atoms with van der Waals surface area (Å²) in [5.41, 5.74) is 9.33. The lowest BCUT2D eigenvalue weighted by atomic mass is 10.1. The average molecular weight is 204 g/mol. The Kier molecular flexibility index (Phi) is 2.08. The molecular weight excluding hydrogens is 196 g/mol. The van der Waals surface area contributed by atoms with Crippen molar-refractivity contribution in [2.24, 2.45) is 0 Å². The van der Waals surface area contributed by atoms with E-state index in [0.717, 1.165) is 0 Å². The van der Waals surface area contributed by atoms with Gasteiger partial charge in [0.2, 0.25) is 0 Å². The third-order valence-electron chi connectivity index (χ3n) is 2.00. The van der Waals surface area contributed by atoms with Crippen LogP contribution < -0.4 is 16.4 Å². The molecule has 1 aliphatic heterocycles. The molecule has 1 heterocycles. The molecule has 6 nitrogen and oxygen atoms in total. The molecule has 0 radical (unpaired) electrons. The number of rotatable bonds is 1. The summed E-state index contributed by atoms with van der Waals surface area (Å²) in [6.07, 6.45) is 0. The number of nitrogens with one attached hydrogen (secondary N) is 3. The number of hydrogen-bond acceptors (Lipinski definition) is 6. The molecule has 76 valence electrons. The van der Waals surface area contributed by atoms with Crippen molar-refractivity contribution in [3.8, 4) is 17.6 Å². The zero-order valence-electron chi connectivity index (χ0n) is 7.57. The van der Waals surface area contributed by atoms with Crippen molar-refractivity contribution >= 4 is 5.70 Å². The SMILES string of the molecule is N#CC1=C(c2ccc(O)c(O)c2)NNN1. The van der Waals surface area contributed by atoms with E-state index in [9.17, 15) is 5.11 Å². The van der Waals surface area contributed by atoms with E-state index in [1.165, 1.54) is 12.1 Å². The Labute approximate surface area is 85.4 Å². The molecule has 0 atom stereocenters. The predicted octanol–water partition coefficient (Wildman–Crippen LogP) is -0.0976. The fourth-order valence-electron chi connectivity index (χ4n) is 1.26. The van der Waals surface area contributed by atoms with Crippen molar-refractivity contribution in [1.82, 2.24) is 16.4 Å². The minimum atomic E-state index is -0.231. The molecule has 0 amide bonds. The lowest BCUT2D eigenvalue weighted by Crippen LogP contribution is -2.32. The standard InChI is InChI=1S/C9H8N4O2/c10-4-6-9(12-13-11-6)5-1-2-7(14)8(15)3-5/h1-3,11-15H. The van der Waals surface area contributed by atoms with Gasteiger partial charge in [0.05, 0.1) is 5.70 Å². The molecule has 0 aliphatic carbocycles. The lowest BCUT2D eigenvalue weighted by molar-refractivity contribution is 0.403. The molecule has 0 saturated heterocycles. The van der Waals surface area contributed by atoms with Gasteiger partial charge < -0.3 is 15.6 Å². The van der Waals surface area contributed by atoms with Crippen LogP contribution in [0.2, 0.25) is 0 Å². The van der Waals surface area contributed by atoms with Crippen LogP contribution in [0.4, 0.5) is 0 Å². The van der Waals surface area contributed by atoms with Gasteiger partial charge in [-0.2, -0.15) is 5.26 Å². The zero-order chi connectivity index (χ0) is 10.8. The van der Waals surface area contributed by atoms with Gasteiger partial charge in [-0.15, -0.1) is 5.53 Å². The molecule has 0 spiro atoms. The average Bonchev–Trinajstić information content (AvgIpc) is 2.70. The van der Waals surface area contributed by atoms with Gasteiger partial charge in [0.1, 0.15) is 6.07 Å². The van der Waals surface area contributed by atoms with Crippen LogP contribution in [0.25, 0.3) is 5.70 Å². The van der Waals surface area contributed by atoms with Gasteiger partial charge in [0.15, 0.2) is 17.2 Å². The summed E-state index contributed by atoms with van der Waals surface area (Å²) >= 11 is 0. The quantitative estimate of drug-likeness (QED) is 0.410. The lowest BCUT2D eigenvalue weighted by Gasteiger charge is -2.04. The molecule has 0 aromatic heterocycles. The molecule has 1 aromatic rings.